The molecule has 2 rings (SSSR count). The number of fused-ring (bicyclic) bond motifs is 1. The van der Waals surface area contributed by atoms with Crippen molar-refractivity contribution in [1.29, 1.82) is 0 Å². The van der Waals surface area contributed by atoms with Crippen LogP contribution in [0.1, 0.15) is 70.6 Å². The Balaban J connectivity index is 0.00000176. The molecule has 0 unspecified atom stereocenters. The quantitative estimate of drug-likeness (QED) is 0.658. The van der Waals surface area contributed by atoms with Gasteiger partial charge in [0.2, 0.25) is 0 Å². The van der Waals surface area contributed by atoms with Crippen molar-refractivity contribution in [1.82, 2.24) is 0 Å². The number of aryl methyl sites for hydroxylation is 2. The molecule has 0 atom stereocenters. The molecule has 0 saturated heterocycles. The van der Waals surface area contributed by atoms with Gasteiger partial charge in [0.15, 0.2) is 0 Å². The molecule has 3 nitrogen and oxygen atoms in total. The normalized spacial score (nSPS) is 16.1. The largest absolute Gasteiger partial charge is 0.405 e. The highest BCUT2D eigenvalue weighted by atomic mass is 15.1. The van der Waals surface area contributed by atoms with E-state index >= 15 is 0 Å². The number of hydrogen-bond acceptors (Lipinski definition) is 3. The predicted molar refractivity (Wildman–Crippen MR) is 121 cm³/mol. The van der Waals surface area contributed by atoms with Crippen LogP contribution in [-0.4, -0.2) is 20.1 Å². The van der Waals surface area contributed by atoms with Crippen molar-refractivity contribution in [2.24, 2.45) is 11.5 Å². The number of rotatable bonds is 7. The molecule has 0 amide bonds. The van der Waals surface area contributed by atoms with Crippen molar-refractivity contribution >= 4 is 5.69 Å². The molecular formula is C24H41N3. The van der Waals surface area contributed by atoms with Crippen LogP contribution in [0.15, 0.2) is 36.1 Å². The number of nitrogens with zero attached hydrogens (tertiary/aromatic N) is 1. The Kier molecular flexibility index (Phi) is 9.65. The van der Waals surface area contributed by atoms with Crippen LogP contribution in [0.25, 0.3) is 0 Å². The number of nitrogens with two attached hydrogens (primary N) is 2. The smallest absolute Gasteiger partial charge is 0.0407 e. The van der Waals surface area contributed by atoms with Crippen LogP contribution in [0.3, 0.4) is 0 Å². The molecule has 152 valence electrons. The van der Waals surface area contributed by atoms with Crippen LogP contribution in [0, 0.1) is 0 Å². The van der Waals surface area contributed by atoms with Gasteiger partial charge in [0.1, 0.15) is 0 Å². The number of anilines is 1. The van der Waals surface area contributed by atoms with Gasteiger partial charge in [-0.1, -0.05) is 46.8 Å². The minimum atomic E-state index is 0.265. The molecule has 1 aromatic rings. The van der Waals surface area contributed by atoms with Gasteiger partial charge in [-0.3, -0.25) is 0 Å². The van der Waals surface area contributed by atoms with E-state index in [1.54, 1.807) is 6.20 Å². The van der Waals surface area contributed by atoms with E-state index < -0.39 is 0 Å². The first kappa shape index (κ1) is 23.3. The lowest BCUT2D eigenvalue weighted by Gasteiger charge is -2.41. The first-order valence-corrected chi connectivity index (χ1v) is 10.5. The summed E-state index contributed by atoms with van der Waals surface area (Å²) in [4.78, 5) is 2.59. The van der Waals surface area contributed by atoms with E-state index in [4.69, 9.17) is 5.73 Å². The Morgan fingerprint density at radius 3 is 2.30 bits per heavy atom. The van der Waals surface area contributed by atoms with Gasteiger partial charge in [-0.05, 0) is 85.2 Å². The van der Waals surface area contributed by atoms with Gasteiger partial charge in [0, 0.05) is 18.8 Å². The number of allylic oxidation sites excluding steroid dienone is 2. The summed E-state index contributed by atoms with van der Waals surface area (Å²) in [7, 11) is 1.50. The molecule has 0 aromatic heterocycles. The number of hydrogen-bond donors (Lipinski definition) is 2. The Hall–Kier alpha value is -1.74. The van der Waals surface area contributed by atoms with Crippen LogP contribution in [0.2, 0.25) is 0 Å². The van der Waals surface area contributed by atoms with E-state index in [1.807, 2.05) is 0 Å². The maximum Gasteiger partial charge on any atom is 0.0407 e. The average molecular weight is 372 g/mol. The maximum absolute atomic E-state index is 5.62. The lowest BCUT2D eigenvalue weighted by molar-refractivity contribution is 0.453. The molecule has 0 spiro atoms. The van der Waals surface area contributed by atoms with Crippen LogP contribution < -0.4 is 16.4 Å². The zero-order valence-electron chi connectivity index (χ0n) is 18.4. The third-order valence-corrected chi connectivity index (χ3v) is 5.60. The standard InChI is InChI=1S/C23H36N2.CH5N/c1-6-9-18(10-13-24)11-14-25-15-12-23(4,5)21-16-19(7-2)20(8-3)17-22(21)25;1-2/h9-10,13,16-17H,6-8,11-12,14-15,24H2,1-5H3;2H2,1H3/b13-10-,18-9+;. The molecule has 0 bridgehead atoms. The SMILES string of the molecule is CC/C=C(\C=C/N)CCN1CCC(C)(C)c2cc(CC)c(CC)cc21.CN. The van der Waals surface area contributed by atoms with Gasteiger partial charge in [-0.2, -0.15) is 0 Å². The summed E-state index contributed by atoms with van der Waals surface area (Å²) in [6, 6.07) is 4.96. The summed E-state index contributed by atoms with van der Waals surface area (Å²) in [5, 5.41) is 0. The van der Waals surface area contributed by atoms with Crippen LogP contribution >= 0.6 is 0 Å². The van der Waals surface area contributed by atoms with Gasteiger partial charge >= 0.3 is 0 Å². The second kappa shape index (κ2) is 11.2. The molecule has 1 heterocycles. The Morgan fingerprint density at radius 2 is 1.74 bits per heavy atom. The topological polar surface area (TPSA) is 55.3 Å². The van der Waals surface area contributed by atoms with Crippen molar-refractivity contribution in [3.63, 3.8) is 0 Å². The van der Waals surface area contributed by atoms with Crippen LogP contribution in [0.5, 0.6) is 0 Å². The molecule has 1 aliphatic rings. The summed E-state index contributed by atoms with van der Waals surface area (Å²) < 4.78 is 0. The van der Waals surface area contributed by atoms with Gasteiger partial charge in [-0.15, -0.1) is 0 Å². The summed E-state index contributed by atoms with van der Waals surface area (Å²) in [6.07, 6.45) is 11.6. The van der Waals surface area contributed by atoms with E-state index in [0.717, 1.165) is 38.8 Å². The molecule has 4 N–H and O–H groups in total. The molecule has 1 aromatic carbocycles. The van der Waals surface area contributed by atoms with Crippen molar-refractivity contribution in [2.45, 2.75) is 72.1 Å². The van der Waals surface area contributed by atoms with E-state index in [-0.39, 0.29) is 5.41 Å². The fourth-order valence-electron chi connectivity index (χ4n) is 3.94. The van der Waals surface area contributed by atoms with Crippen LogP contribution in [0.4, 0.5) is 5.69 Å². The van der Waals surface area contributed by atoms with E-state index in [0.29, 0.717) is 0 Å². The fraction of sp³-hybridized carbons (Fsp3) is 0.583. The minimum absolute atomic E-state index is 0.265. The minimum Gasteiger partial charge on any atom is -0.405 e. The van der Waals surface area contributed by atoms with E-state index in [1.165, 1.54) is 41.4 Å². The predicted octanol–water partition coefficient (Wildman–Crippen LogP) is 5.07. The second-order valence-corrected chi connectivity index (χ2v) is 7.76. The number of benzene rings is 1. The molecule has 0 saturated carbocycles. The molecule has 0 fully saturated rings. The molecule has 27 heavy (non-hydrogen) atoms. The van der Waals surface area contributed by atoms with Crippen LogP contribution in [-0.2, 0) is 18.3 Å². The second-order valence-electron chi connectivity index (χ2n) is 7.76. The van der Waals surface area contributed by atoms with Gasteiger partial charge in [0.25, 0.3) is 0 Å². The monoisotopic (exact) mass is 371 g/mol. The molecular weight excluding hydrogens is 330 g/mol. The highest BCUT2D eigenvalue weighted by Gasteiger charge is 2.31. The summed E-state index contributed by atoms with van der Waals surface area (Å²) in [5.41, 5.74) is 17.7. The Labute approximate surface area is 167 Å². The third-order valence-electron chi connectivity index (χ3n) is 5.60. The lowest BCUT2D eigenvalue weighted by Crippen LogP contribution is -2.38. The van der Waals surface area contributed by atoms with Crippen molar-refractivity contribution in [3.8, 4) is 0 Å². The Bertz CT molecular complexity index is 641. The summed E-state index contributed by atoms with van der Waals surface area (Å²) >= 11 is 0. The molecule has 3 heteroatoms. The summed E-state index contributed by atoms with van der Waals surface area (Å²) in [6.45, 7) is 13.7. The molecule has 0 radical (unpaired) electrons. The first-order chi connectivity index (χ1) is 13.0. The highest BCUT2D eigenvalue weighted by molar-refractivity contribution is 5.62. The fourth-order valence-corrected chi connectivity index (χ4v) is 3.94. The highest BCUT2D eigenvalue weighted by Crippen LogP contribution is 2.41. The Morgan fingerprint density at radius 1 is 1.11 bits per heavy atom. The summed E-state index contributed by atoms with van der Waals surface area (Å²) in [5.74, 6) is 0. The zero-order valence-corrected chi connectivity index (χ0v) is 18.4. The van der Waals surface area contributed by atoms with Crippen molar-refractivity contribution in [2.75, 3.05) is 25.0 Å². The maximum atomic E-state index is 5.62. The molecule has 0 aliphatic carbocycles. The van der Waals surface area contributed by atoms with Crippen molar-refractivity contribution < 1.29 is 0 Å². The van der Waals surface area contributed by atoms with Gasteiger partial charge in [-0.25, -0.2) is 0 Å². The molecule has 1 aliphatic heterocycles. The van der Waals surface area contributed by atoms with Crippen molar-refractivity contribution in [3.05, 3.63) is 52.7 Å². The zero-order chi connectivity index (χ0) is 20.4. The average Bonchev–Trinajstić information content (AvgIpc) is 2.68. The van der Waals surface area contributed by atoms with Gasteiger partial charge in [0.05, 0.1) is 0 Å². The van der Waals surface area contributed by atoms with E-state index in [2.05, 4.69) is 69.5 Å². The third kappa shape index (κ3) is 5.87. The van der Waals surface area contributed by atoms with Gasteiger partial charge < -0.3 is 16.4 Å². The lowest BCUT2D eigenvalue weighted by atomic mass is 9.76. The first-order valence-electron chi connectivity index (χ1n) is 10.5. The van der Waals surface area contributed by atoms with E-state index in [9.17, 15) is 0 Å².